The minimum Gasteiger partial charge on any atom is -0.397 e. The molecular formula is C11H18N4. The van der Waals surface area contributed by atoms with E-state index in [1.807, 2.05) is 13.0 Å². The number of hydrogen-bond donors (Lipinski definition) is 2. The van der Waals surface area contributed by atoms with E-state index in [4.69, 9.17) is 5.73 Å². The predicted octanol–water partition coefficient (Wildman–Crippen LogP) is 1.09. The molecule has 0 radical (unpaired) electrons. The number of nitrogens with zero attached hydrogens (tertiary/aromatic N) is 2. The van der Waals surface area contributed by atoms with E-state index >= 15 is 0 Å². The van der Waals surface area contributed by atoms with Crippen molar-refractivity contribution < 1.29 is 0 Å². The van der Waals surface area contributed by atoms with Crippen LogP contribution >= 0.6 is 0 Å². The van der Waals surface area contributed by atoms with E-state index in [-0.39, 0.29) is 0 Å². The lowest BCUT2D eigenvalue weighted by Gasteiger charge is -2.14. The average Bonchev–Trinajstić information content (AvgIpc) is 2.58. The summed E-state index contributed by atoms with van der Waals surface area (Å²) in [5, 5.41) is 3.43. The van der Waals surface area contributed by atoms with E-state index < -0.39 is 0 Å². The van der Waals surface area contributed by atoms with Gasteiger partial charge in [-0.1, -0.05) is 0 Å². The van der Waals surface area contributed by atoms with Gasteiger partial charge in [-0.15, -0.1) is 0 Å². The molecule has 0 amide bonds. The summed E-state index contributed by atoms with van der Waals surface area (Å²) in [7, 11) is 2.14. The van der Waals surface area contributed by atoms with Crippen LogP contribution in [0.1, 0.15) is 12.0 Å². The molecule has 0 spiro atoms. The van der Waals surface area contributed by atoms with Crippen LogP contribution in [0.4, 0.5) is 11.5 Å². The van der Waals surface area contributed by atoms with Crippen LogP contribution in [0.3, 0.4) is 0 Å². The SMILES string of the molecule is Cc1cc(NC2CCN(C)C2)ncc1N. The number of likely N-dealkylation sites (tertiary alicyclic amines) is 1. The summed E-state index contributed by atoms with van der Waals surface area (Å²) in [6.45, 7) is 4.25. The minimum absolute atomic E-state index is 0.519. The number of aromatic nitrogens is 1. The van der Waals surface area contributed by atoms with Gasteiger partial charge in [-0.05, 0) is 38.6 Å². The smallest absolute Gasteiger partial charge is 0.126 e. The van der Waals surface area contributed by atoms with E-state index in [9.17, 15) is 0 Å². The molecule has 0 bridgehead atoms. The Morgan fingerprint density at radius 2 is 2.40 bits per heavy atom. The second-order valence-corrected chi connectivity index (χ2v) is 4.32. The average molecular weight is 206 g/mol. The molecule has 2 rings (SSSR count). The summed E-state index contributed by atoms with van der Waals surface area (Å²) in [5.41, 5.74) is 7.56. The third kappa shape index (κ3) is 2.39. The fraction of sp³-hybridized carbons (Fsp3) is 0.545. The maximum absolute atomic E-state index is 5.72. The van der Waals surface area contributed by atoms with Crippen LogP contribution in [0.5, 0.6) is 0 Å². The highest BCUT2D eigenvalue weighted by atomic mass is 15.2. The van der Waals surface area contributed by atoms with Gasteiger partial charge in [0.2, 0.25) is 0 Å². The molecule has 2 heterocycles. The largest absolute Gasteiger partial charge is 0.397 e. The molecule has 3 N–H and O–H groups in total. The molecule has 15 heavy (non-hydrogen) atoms. The Morgan fingerprint density at radius 1 is 1.60 bits per heavy atom. The summed E-state index contributed by atoms with van der Waals surface area (Å²) in [6, 6.07) is 2.53. The molecule has 1 aliphatic heterocycles. The van der Waals surface area contributed by atoms with Crippen molar-refractivity contribution in [3.63, 3.8) is 0 Å². The van der Waals surface area contributed by atoms with Gasteiger partial charge in [-0.2, -0.15) is 0 Å². The number of nitrogens with two attached hydrogens (primary N) is 1. The quantitative estimate of drug-likeness (QED) is 0.760. The van der Waals surface area contributed by atoms with Gasteiger partial charge < -0.3 is 16.0 Å². The Hall–Kier alpha value is -1.29. The Bertz CT molecular complexity index is 350. The van der Waals surface area contributed by atoms with Crippen molar-refractivity contribution >= 4 is 11.5 Å². The maximum atomic E-state index is 5.72. The minimum atomic E-state index is 0.519. The third-order valence-corrected chi connectivity index (χ3v) is 2.89. The maximum Gasteiger partial charge on any atom is 0.126 e. The Labute approximate surface area is 90.5 Å². The van der Waals surface area contributed by atoms with Gasteiger partial charge in [0.25, 0.3) is 0 Å². The zero-order chi connectivity index (χ0) is 10.8. The molecule has 0 aliphatic carbocycles. The first-order valence-corrected chi connectivity index (χ1v) is 5.32. The first-order chi connectivity index (χ1) is 7.15. The molecule has 1 aromatic rings. The second-order valence-electron chi connectivity index (χ2n) is 4.32. The van der Waals surface area contributed by atoms with Crippen molar-refractivity contribution in [2.75, 3.05) is 31.2 Å². The van der Waals surface area contributed by atoms with Gasteiger partial charge in [-0.3, -0.25) is 0 Å². The van der Waals surface area contributed by atoms with E-state index in [0.29, 0.717) is 6.04 Å². The first-order valence-electron chi connectivity index (χ1n) is 5.32. The monoisotopic (exact) mass is 206 g/mol. The highest BCUT2D eigenvalue weighted by Crippen LogP contribution is 2.16. The highest BCUT2D eigenvalue weighted by Gasteiger charge is 2.19. The molecule has 1 aromatic heterocycles. The summed E-state index contributed by atoms with van der Waals surface area (Å²) >= 11 is 0. The standard InChI is InChI=1S/C11H18N4/c1-8-5-11(13-6-10(8)12)14-9-3-4-15(2)7-9/h5-6,9H,3-4,7,12H2,1-2H3,(H,13,14). The van der Waals surface area contributed by atoms with E-state index in [1.54, 1.807) is 6.20 Å². The van der Waals surface area contributed by atoms with Crippen molar-refractivity contribution in [2.24, 2.45) is 0 Å². The van der Waals surface area contributed by atoms with Crippen molar-refractivity contribution in [2.45, 2.75) is 19.4 Å². The third-order valence-electron chi connectivity index (χ3n) is 2.89. The van der Waals surface area contributed by atoms with Crippen molar-refractivity contribution in [3.8, 4) is 0 Å². The molecule has 4 nitrogen and oxygen atoms in total. The number of anilines is 2. The van der Waals surface area contributed by atoms with Crippen LogP contribution in [0.2, 0.25) is 0 Å². The lowest BCUT2D eigenvalue weighted by atomic mass is 10.2. The van der Waals surface area contributed by atoms with Crippen LogP contribution in [0.25, 0.3) is 0 Å². The number of nitrogen functional groups attached to an aromatic ring is 1. The molecule has 1 unspecified atom stereocenters. The number of pyridine rings is 1. The number of rotatable bonds is 2. The fourth-order valence-corrected chi connectivity index (χ4v) is 1.91. The lowest BCUT2D eigenvalue weighted by Crippen LogP contribution is -2.24. The summed E-state index contributed by atoms with van der Waals surface area (Å²) in [5.74, 6) is 0.932. The zero-order valence-electron chi connectivity index (χ0n) is 9.33. The second kappa shape index (κ2) is 4.06. The summed E-state index contributed by atoms with van der Waals surface area (Å²) < 4.78 is 0. The molecule has 1 fully saturated rings. The molecule has 1 saturated heterocycles. The lowest BCUT2D eigenvalue weighted by molar-refractivity contribution is 0.414. The van der Waals surface area contributed by atoms with Crippen molar-refractivity contribution in [1.82, 2.24) is 9.88 Å². The number of nitrogens with one attached hydrogen (secondary N) is 1. The normalized spacial score (nSPS) is 21.9. The summed E-state index contributed by atoms with van der Waals surface area (Å²) in [6.07, 6.45) is 2.90. The molecule has 0 aromatic carbocycles. The van der Waals surface area contributed by atoms with Gasteiger partial charge in [0.15, 0.2) is 0 Å². The zero-order valence-corrected chi connectivity index (χ0v) is 9.33. The molecule has 82 valence electrons. The van der Waals surface area contributed by atoms with Crippen molar-refractivity contribution in [3.05, 3.63) is 17.8 Å². The van der Waals surface area contributed by atoms with E-state index in [2.05, 4.69) is 22.2 Å². The van der Waals surface area contributed by atoms with Crippen LogP contribution in [-0.4, -0.2) is 36.1 Å². The number of aryl methyl sites for hydroxylation is 1. The predicted molar refractivity (Wildman–Crippen MR) is 62.9 cm³/mol. The first kappa shape index (κ1) is 10.2. The molecule has 1 aliphatic rings. The van der Waals surface area contributed by atoms with Crippen LogP contribution in [0, 0.1) is 6.92 Å². The van der Waals surface area contributed by atoms with Gasteiger partial charge >= 0.3 is 0 Å². The molecule has 4 heteroatoms. The number of likely N-dealkylation sites (N-methyl/N-ethyl adjacent to an activating group) is 1. The van der Waals surface area contributed by atoms with Crippen LogP contribution < -0.4 is 11.1 Å². The van der Waals surface area contributed by atoms with Crippen LogP contribution in [-0.2, 0) is 0 Å². The number of hydrogen-bond acceptors (Lipinski definition) is 4. The van der Waals surface area contributed by atoms with Crippen molar-refractivity contribution in [1.29, 1.82) is 0 Å². The van der Waals surface area contributed by atoms with Gasteiger partial charge in [-0.25, -0.2) is 4.98 Å². The van der Waals surface area contributed by atoms with Gasteiger partial charge in [0.05, 0.1) is 11.9 Å². The van der Waals surface area contributed by atoms with E-state index in [1.165, 1.54) is 6.42 Å². The van der Waals surface area contributed by atoms with Gasteiger partial charge in [0.1, 0.15) is 5.82 Å². The Balaban J connectivity index is 2.02. The molecule has 1 atom stereocenters. The van der Waals surface area contributed by atoms with Gasteiger partial charge in [0, 0.05) is 12.6 Å². The highest BCUT2D eigenvalue weighted by molar-refractivity contribution is 5.51. The fourth-order valence-electron chi connectivity index (χ4n) is 1.91. The molecule has 0 saturated carbocycles. The Morgan fingerprint density at radius 3 is 3.00 bits per heavy atom. The topological polar surface area (TPSA) is 54.2 Å². The van der Waals surface area contributed by atoms with Crippen LogP contribution in [0.15, 0.2) is 12.3 Å². The van der Waals surface area contributed by atoms with E-state index in [0.717, 1.165) is 30.2 Å². The molecular weight excluding hydrogens is 188 g/mol. The summed E-state index contributed by atoms with van der Waals surface area (Å²) in [4.78, 5) is 6.59. The Kier molecular flexibility index (Phi) is 2.77.